The van der Waals surface area contributed by atoms with Crippen LogP contribution in [0.4, 0.5) is 10.1 Å². The Morgan fingerprint density at radius 3 is 2.59 bits per heavy atom. The van der Waals surface area contributed by atoms with Gasteiger partial charge in [0.15, 0.2) is 17.5 Å². The molecule has 1 aromatic heterocycles. The molecule has 0 unspecified atom stereocenters. The van der Waals surface area contributed by atoms with Crippen molar-refractivity contribution < 1.29 is 13.9 Å². The highest BCUT2D eigenvalue weighted by Crippen LogP contribution is 2.30. The molecule has 32 heavy (non-hydrogen) atoms. The quantitative estimate of drug-likeness (QED) is 0.236. The smallest absolute Gasteiger partial charge is 0.196 e. The number of benzene rings is 2. The van der Waals surface area contributed by atoms with Crippen LogP contribution in [0, 0.1) is 12.7 Å². The lowest BCUT2D eigenvalue weighted by Gasteiger charge is -2.14. The van der Waals surface area contributed by atoms with Crippen molar-refractivity contribution in [2.45, 2.75) is 27.3 Å². The predicted molar refractivity (Wildman–Crippen MR) is 136 cm³/mol. The molecule has 0 spiro atoms. The van der Waals surface area contributed by atoms with Gasteiger partial charge in [-0.05, 0) is 50.6 Å². The van der Waals surface area contributed by atoms with Gasteiger partial charge in [-0.3, -0.25) is 0 Å². The number of aliphatic imine (C=N–C) groups is 1. The van der Waals surface area contributed by atoms with Gasteiger partial charge in [0.25, 0.3) is 0 Å². The van der Waals surface area contributed by atoms with E-state index in [2.05, 4.69) is 20.6 Å². The van der Waals surface area contributed by atoms with E-state index in [1.54, 1.807) is 30.1 Å². The van der Waals surface area contributed by atoms with Gasteiger partial charge in [-0.2, -0.15) is 0 Å². The largest absolute Gasteiger partial charge is 0.493 e. The Hall–Kier alpha value is -2.82. The number of anilines is 1. The SMILES string of the molecule is CCNC(=NCc1ccc(-n2ccnc2C)c(F)c1)Nc1ccc(OC)c(OCC)c1.I. The van der Waals surface area contributed by atoms with Crippen LogP contribution >= 0.6 is 24.0 Å². The van der Waals surface area contributed by atoms with E-state index >= 15 is 0 Å². The maximum Gasteiger partial charge on any atom is 0.196 e. The Labute approximate surface area is 205 Å². The summed E-state index contributed by atoms with van der Waals surface area (Å²) >= 11 is 0. The van der Waals surface area contributed by atoms with E-state index < -0.39 is 0 Å². The zero-order valence-electron chi connectivity index (χ0n) is 18.7. The molecular weight excluding hydrogens is 524 g/mol. The van der Waals surface area contributed by atoms with Crippen LogP contribution in [0.1, 0.15) is 25.2 Å². The van der Waals surface area contributed by atoms with Gasteiger partial charge in [0, 0.05) is 30.7 Å². The van der Waals surface area contributed by atoms with Crippen molar-refractivity contribution in [3.63, 3.8) is 0 Å². The molecule has 0 atom stereocenters. The monoisotopic (exact) mass is 553 g/mol. The summed E-state index contributed by atoms with van der Waals surface area (Å²) in [5.41, 5.74) is 2.04. The highest BCUT2D eigenvalue weighted by atomic mass is 127. The molecule has 0 aliphatic rings. The van der Waals surface area contributed by atoms with Crippen molar-refractivity contribution in [3.05, 3.63) is 66.0 Å². The van der Waals surface area contributed by atoms with Crippen LogP contribution in [0.15, 0.2) is 53.8 Å². The van der Waals surface area contributed by atoms with Gasteiger partial charge in [-0.15, -0.1) is 24.0 Å². The van der Waals surface area contributed by atoms with Gasteiger partial charge in [-0.1, -0.05) is 6.07 Å². The zero-order chi connectivity index (χ0) is 22.2. The molecule has 1 heterocycles. The van der Waals surface area contributed by atoms with E-state index in [0.717, 1.165) is 17.1 Å². The summed E-state index contributed by atoms with van der Waals surface area (Å²) in [5, 5.41) is 6.45. The summed E-state index contributed by atoms with van der Waals surface area (Å²) in [6.07, 6.45) is 3.39. The Balaban J connectivity index is 0.00000363. The van der Waals surface area contributed by atoms with Gasteiger partial charge >= 0.3 is 0 Å². The number of aromatic nitrogens is 2. The first-order valence-corrected chi connectivity index (χ1v) is 10.2. The number of hydrogen-bond donors (Lipinski definition) is 2. The summed E-state index contributed by atoms with van der Waals surface area (Å²) < 4.78 is 27.3. The third kappa shape index (κ3) is 6.35. The lowest BCUT2D eigenvalue weighted by atomic mass is 10.2. The van der Waals surface area contributed by atoms with Crippen LogP contribution in [-0.2, 0) is 6.54 Å². The minimum Gasteiger partial charge on any atom is -0.493 e. The molecule has 9 heteroatoms. The fourth-order valence-electron chi connectivity index (χ4n) is 3.11. The first kappa shape index (κ1) is 25.4. The van der Waals surface area contributed by atoms with Gasteiger partial charge < -0.3 is 24.7 Å². The summed E-state index contributed by atoms with van der Waals surface area (Å²) in [4.78, 5) is 8.73. The molecule has 7 nitrogen and oxygen atoms in total. The van der Waals surface area contributed by atoms with Crippen molar-refractivity contribution in [2.75, 3.05) is 25.6 Å². The summed E-state index contributed by atoms with van der Waals surface area (Å²) in [6.45, 7) is 7.29. The van der Waals surface area contributed by atoms with Crippen molar-refractivity contribution >= 4 is 35.6 Å². The fraction of sp³-hybridized carbons (Fsp3) is 0.304. The van der Waals surface area contributed by atoms with Crippen LogP contribution < -0.4 is 20.1 Å². The number of imidazole rings is 1. The Morgan fingerprint density at radius 1 is 1.16 bits per heavy atom. The first-order valence-electron chi connectivity index (χ1n) is 10.2. The van der Waals surface area contributed by atoms with E-state index in [0.29, 0.717) is 42.8 Å². The molecule has 0 saturated heterocycles. The van der Waals surface area contributed by atoms with E-state index in [1.165, 1.54) is 6.07 Å². The summed E-state index contributed by atoms with van der Waals surface area (Å²) in [7, 11) is 1.61. The topological polar surface area (TPSA) is 72.7 Å². The highest BCUT2D eigenvalue weighted by molar-refractivity contribution is 14.0. The van der Waals surface area contributed by atoms with E-state index in [-0.39, 0.29) is 29.8 Å². The number of halogens is 2. The van der Waals surface area contributed by atoms with Gasteiger partial charge in [-0.25, -0.2) is 14.4 Å². The van der Waals surface area contributed by atoms with Crippen LogP contribution in [0.2, 0.25) is 0 Å². The standard InChI is InChI=1S/C23H28FN5O2.HI/c1-5-25-23(28-18-8-10-21(30-4)22(14-18)31-6-2)27-15-17-7-9-20(19(24)13-17)29-12-11-26-16(29)3;/h7-14H,5-6,15H2,1-4H3,(H2,25,27,28);1H. The molecule has 0 bridgehead atoms. The molecule has 2 aromatic carbocycles. The molecule has 0 aliphatic carbocycles. The van der Waals surface area contributed by atoms with Crippen LogP contribution in [0.25, 0.3) is 5.69 Å². The minimum absolute atomic E-state index is 0. The number of methoxy groups -OCH3 is 1. The Morgan fingerprint density at radius 2 is 1.97 bits per heavy atom. The fourth-order valence-corrected chi connectivity index (χ4v) is 3.11. The van der Waals surface area contributed by atoms with Crippen molar-refractivity contribution in [3.8, 4) is 17.2 Å². The third-order valence-electron chi connectivity index (χ3n) is 4.59. The van der Waals surface area contributed by atoms with E-state index in [4.69, 9.17) is 9.47 Å². The number of nitrogens with zero attached hydrogens (tertiary/aromatic N) is 3. The van der Waals surface area contributed by atoms with Crippen molar-refractivity contribution in [1.82, 2.24) is 14.9 Å². The number of ether oxygens (including phenoxy) is 2. The number of hydrogen-bond acceptors (Lipinski definition) is 4. The first-order chi connectivity index (χ1) is 15.0. The summed E-state index contributed by atoms with van der Waals surface area (Å²) in [5.74, 6) is 2.32. The molecule has 0 radical (unpaired) electrons. The number of nitrogens with one attached hydrogen (secondary N) is 2. The van der Waals surface area contributed by atoms with Gasteiger partial charge in [0.05, 0.1) is 25.9 Å². The molecule has 0 fully saturated rings. The van der Waals surface area contributed by atoms with Gasteiger partial charge in [0.2, 0.25) is 0 Å². The maximum absolute atomic E-state index is 14.6. The molecule has 2 N–H and O–H groups in total. The van der Waals surface area contributed by atoms with Crippen LogP contribution in [-0.4, -0.2) is 35.8 Å². The number of guanidine groups is 1. The predicted octanol–water partition coefficient (Wildman–Crippen LogP) is 4.92. The average molecular weight is 553 g/mol. The Bertz CT molecular complexity index is 1050. The molecule has 172 valence electrons. The molecule has 0 aliphatic heterocycles. The zero-order valence-corrected chi connectivity index (χ0v) is 21.0. The molecular formula is C23H29FIN5O2. The van der Waals surface area contributed by atoms with Gasteiger partial charge in [0.1, 0.15) is 11.6 Å². The number of aryl methyl sites for hydroxylation is 1. The lowest BCUT2D eigenvalue weighted by Crippen LogP contribution is -2.30. The average Bonchev–Trinajstić information content (AvgIpc) is 3.18. The minimum atomic E-state index is -0.316. The maximum atomic E-state index is 14.6. The third-order valence-corrected chi connectivity index (χ3v) is 4.59. The second-order valence-corrected chi connectivity index (χ2v) is 6.75. The molecule has 0 amide bonds. The summed E-state index contributed by atoms with van der Waals surface area (Å²) in [6, 6.07) is 10.7. The lowest BCUT2D eigenvalue weighted by molar-refractivity contribution is 0.311. The molecule has 3 aromatic rings. The molecule has 0 saturated carbocycles. The van der Waals surface area contributed by atoms with Crippen LogP contribution in [0.3, 0.4) is 0 Å². The van der Waals surface area contributed by atoms with E-state index in [9.17, 15) is 4.39 Å². The normalized spacial score (nSPS) is 11.0. The van der Waals surface area contributed by atoms with Crippen molar-refractivity contribution in [1.29, 1.82) is 0 Å². The second-order valence-electron chi connectivity index (χ2n) is 6.75. The highest BCUT2D eigenvalue weighted by Gasteiger charge is 2.09. The number of rotatable bonds is 8. The second kappa shape index (κ2) is 12.3. The van der Waals surface area contributed by atoms with Crippen LogP contribution in [0.5, 0.6) is 11.5 Å². The van der Waals surface area contributed by atoms with Crippen molar-refractivity contribution in [2.24, 2.45) is 4.99 Å². The van der Waals surface area contributed by atoms with E-state index in [1.807, 2.05) is 45.0 Å². The Kier molecular flexibility index (Phi) is 9.76. The molecule has 3 rings (SSSR count).